The lowest BCUT2D eigenvalue weighted by atomic mass is 10.1. The highest BCUT2D eigenvalue weighted by atomic mass is 35.5. The second kappa shape index (κ2) is 8.06. The first-order chi connectivity index (χ1) is 10.1. The Bertz CT molecular complexity index is 506. The standard InChI is InChI=1S/C16H16Cl2O2S/c17-13-5-1-11(2-6-13)15(19)9-21-10-16(20)12-3-7-14(18)8-4-12/h1-8,15-16,19-20H,9-10H2. The Kier molecular flexibility index (Phi) is 6.40. The summed E-state index contributed by atoms with van der Waals surface area (Å²) in [7, 11) is 0. The molecule has 2 aromatic rings. The Labute approximate surface area is 138 Å². The van der Waals surface area contributed by atoms with E-state index in [-0.39, 0.29) is 0 Å². The highest BCUT2D eigenvalue weighted by Crippen LogP contribution is 2.24. The van der Waals surface area contributed by atoms with Crippen molar-refractivity contribution in [3.8, 4) is 0 Å². The molecule has 112 valence electrons. The number of aliphatic hydroxyl groups excluding tert-OH is 2. The van der Waals surface area contributed by atoms with Gasteiger partial charge in [0, 0.05) is 21.6 Å². The normalized spacial score (nSPS) is 13.9. The number of hydrogen-bond acceptors (Lipinski definition) is 3. The molecule has 21 heavy (non-hydrogen) atoms. The Balaban J connectivity index is 1.80. The lowest BCUT2D eigenvalue weighted by molar-refractivity contribution is 0.198. The van der Waals surface area contributed by atoms with E-state index in [1.165, 1.54) is 11.8 Å². The molecular formula is C16H16Cl2O2S. The Hall–Kier alpha value is -0.710. The van der Waals surface area contributed by atoms with Crippen molar-refractivity contribution in [1.29, 1.82) is 0 Å². The first-order valence-electron chi connectivity index (χ1n) is 6.51. The van der Waals surface area contributed by atoms with Crippen molar-refractivity contribution in [1.82, 2.24) is 0 Å². The van der Waals surface area contributed by atoms with Crippen molar-refractivity contribution < 1.29 is 10.2 Å². The first-order valence-corrected chi connectivity index (χ1v) is 8.42. The first kappa shape index (κ1) is 16.7. The van der Waals surface area contributed by atoms with Crippen LogP contribution in [-0.4, -0.2) is 21.7 Å². The van der Waals surface area contributed by atoms with Gasteiger partial charge in [-0.05, 0) is 35.4 Å². The van der Waals surface area contributed by atoms with Gasteiger partial charge in [0.1, 0.15) is 0 Å². The molecule has 0 heterocycles. The fraction of sp³-hybridized carbons (Fsp3) is 0.250. The molecule has 0 aromatic heterocycles. The summed E-state index contributed by atoms with van der Waals surface area (Å²) in [6, 6.07) is 14.3. The van der Waals surface area contributed by atoms with Crippen LogP contribution in [0.2, 0.25) is 10.0 Å². The van der Waals surface area contributed by atoms with Crippen LogP contribution in [0.3, 0.4) is 0 Å². The summed E-state index contributed by atoms with van der Waals surface area (Å²) in [6.45, 7) is 0. The number of halogens is 2. The van der Waals surface area contributed by atoms with Crippen molar-refractivity contribution >= 4 is 35.0 Å². The number of benzene rings is 2. The van der Waals surface area contributed by atoms with Gasteiger partial charge in [-0.2, -0.15) is 11.8 Å². The van der Waals surface area contributed by atoms with E-state index < -0.39 is 12.2 Å². The van der Waals surface area contributed by atoms with Crippen LogP contribution in [0, 0.1) is 0 Å². The largest absolute Gasteiger partial charge is 0.388 e. The number of rotatable bonds is 6. The highest BCUT2D eigenvalue weighted by Gasteiger charge is 2.11. The minimum Gasteiger partial charge on any atom is -0.388 e. The maximum atomic E-state index is 10.1. The molecule has 2 rings (SSSR count). The highest BCUT2D eigenvalue weighted by molar-refractivity contribution is 7.99. The topological polar surface area (TPSA) is 40.5 Å². The summed E-state index contributed by atoms with van der Waals surface area (Å²) in [5.41, 5.74) is 1.65. The molecule has 2 nitrogen and oxygen atoms in total. The van der Waals surface area contributed by atoms with Crippen LogP contribution in [0.25, 0.3) is 0 Å². The Morgan fingerprint density at radius 1 is 0.714 bits per heavy atom. The van der Waals surface area contributed by atoms with E-state index in [2.05, 4.69) is 0 Å². The average molecular weight is 343 g/mol. The van der Waals surface area contributed by atoms with Gasteiger partial charge in [-0.25, -0.2) is 0 Å². The van der Waals surface area contributed by atoms with Gasteiger partial charge in [0.2, 0.25) is 0 Å². The van der Waals surface area contributed by atoms with E-state index >= 15 is 0 Å². The molecule has 0 aliphatic heterocycles. The van der Waals surface area contributed by atoms with Crippen LogP contribution in [0.5, 0.6) is 0 Å². The molecular weight excluding hydrogens is 327 g/mol. The van der Waals surface area contributed by atoms with Crippen molar-refractivity contribution in [2.24, 2.45) is 0 Å². The van der Waals surface area contributed by atoms with Crippen LogP contribution in [0.1, 0.15) is 23.3 Å². The summed E-state index contributed by atoms with van der Waals surface area (Å²) in [4.78, 5) is 0. The summed E-state index contributed by atoms with van der Waals surface area (Å²) >= 11 is 13.1. The molecule has 2 unspecified atom stereocenters. The van der Waals surface area contributed by atoms with E-state index in [1.807, 2.05) is 24.3 Å². The fourth-order valence-electron chi connectivity index (χ4n) is 1.85. The van der Waals surface area contributed by atoms with Crippen molar-refractivity contribution in [2.75, 3.05) is 11.5 Å². The lowest BCUT2D eigenvalue weighted by Crippen LogP contribution is -2.05. The van der Waals surface area contributed by atoms with E-state index in [1.54, 1.807) is 24.3 Å². The van der Waals surface area contributed by atoms with Crippen LogP contribution >= 0.6 is 35.0 Å². The van der Waals surface area contributed by atoms with Crippen LogP contribution < -0.4 is 0 Å². The van der Waals surface area contributed by atoms with Crippen molar-refractivity contribution in [2.45, 2.75) is 12.2 Å². The quantitative estimate of drug-likeness (QED) is 0.812. The summed E-state index contributed by atoms with van der Waals surface area (Å²) in [5, 5.41) is 21.4. The third kappa shape index (κ3) is 5.20. The molecule has 0 aliphatic carbocycles. The molecule has 0 spiro atoms. The molecule has 0 aliphatic rings. The zero-order valence-corrected chi connectivity index (χ0v) is 13.6. The molecule has 0 amide bonds. The Morgan fingerprint density at radius 3 is 1.38 bits per heavy atom. The van der Waals surface area contributed by atoms with E-state index in [4.69, 9.17) is 23.2 Å². The van der Waals surface area contributed by atoms with E-state index in [9.17, 15) is 10.2 Å². The zero-order valence-electron chi connectivity index (χ0n) is 11.2. The summed E-state index contributed by atoms with van der Waals surface area (Å²) in [6.07, 6.45) is -1.13. The third-order valence-electron chi connectivity index (χ3n) is 3.06. The average Bonchev–Trinajstić information content (AvgIpc) is 2.48. The lowest BCUT2D eigenvalue weighted by Gasteiger charge is -2.14. The number of thioether (sulfide) groups is 1. The van der Waals surface area contributed by atoms with Gasteiger partial charge < -0.3 is 10.2 Å². The summed E-state index contributed by atoms with van der Waals surface area (Å²) < 4.78 is 0. The third-order valence-corrected chi connectivity index (χ3v) is 4.67. The van der Waals surface area contributed by atoms with Crippen molar-refractivity contribution in [3.05, 3.63) is 69.7 Å². The van der Waals surface area contributed by atoms with Crippen LogP contribution in [0.15, 0.2) is 48.5 Å². The molecule has 2 atom stereocenters. The van der Waals surface area contributed by atoms with E-state index in [0.717, 1.165) is 11.1 Å². The molecule has 0 fully saturated rings. The van der Waals surface area contributed by atoms with Gasteiger partial charge in [-0.15, -0.1) is 0 Å². The maximum Gasteiger partial charge on any atom is 0.0880 e. The molecule has 0 radical (unpaired) electrons. The predicted octanol–water partition coefficient (Wildman–Crippen LogP) is 4.49. The smallest absolute Gasteiger partial charge is 0.0880 e. The second-order valence-electron chi connectivity index (χ2n) is 4.67. The molecule has 2 N–H and O–H groups in total. The fourth-order valence-corrected chi connectivity index (χ4v) is 3.07. The molecule has 0 bridgehead atoms. The van der Waals surface area contributed by atoms with Gasteiger partial charge in [-0.1, -0.05) is 47.5 Å². The monoisotopic (exact) mass is 342 g/mol. The number of aliphatic hydroxyl groups is 2. The second-order valence-corrected chi connectivity index (χ2v) is 6.62. The molecule has 0 saturated carbocycles. The van der Waals surface area contributed by atoms with E-state index in [0.29, 0.717) is 21.6 Å². The SMILES string of the molecule is OC(CSCC(O)c1ccc(Cl)cc1)c1ccc(Cl)cc1. The van der Waals surface area contributed by atoms with Crippen LogP contribution in [0.4, 0.5) is 0 Å². The van der Waals surface area contributed by atoms with Gasteiger partial charge in [-0.3, -0.25) is 0 Å². The van der Waals surface area contributed by atoms with Gasteiger partial charge in [0.15, 0.2) is 0 Å². The Morgan fingerprint density at radius 2 is 1.05 bits per heavy atom. The minimum atomic E-state index is -0.565. The molecule has 0 saturated heterocycles. The van der Waals surface area contributed by atoms with Crippen molar-refractivity contribution in [3.63, 3.8) is 0 Å². The zero-order chi connectivity index (χ0) is 15.2. The summed E-state index contributed by atoms with van der Waals surface area (Å²) in [5.74, 6) is 1.04. The van der Waals surface area contributed by atoms with Gasteiger partial charge >= 0.3 is 0 Å². The molecule has 2 aromatic carbocycles. The maximum absolute atomic E-state index is 10.1. The number of hydrogen-bond donors (Lipinski definition) is 2. The predicted molar refractivity (Wildman–Crippen MR) is 90.1 cm³/mol. The van der Waals surface area contributed by atoms with Crippen LogP contribution in [-0.2, 0) is 0 Å². The molecule has 5 heteroatoms. The van der Waals surface area contributed by atoms with Gasteiger partial charge in [0.05, 0.1) is 12.2 Å². The van der Waals surface area contributed by atoms with Gasteiger partial charge in [0.25, 0.3) is 0 Å². The minimum absolute atomic E-state index is 0.520.